The van der Waals surface area contributed by atoms with Gasteiger partial charge >= 0.3 is 5.97 Å². The highest BCUT2D eigenvalue weighted by atomic mass is 32.2. The highest BCUT2D eigenvalue weighted by Crippen LogP contribution is 2.04. The van der Waals surface area contributed by atoms with E-state index in [0.717, 1.165) is 0 Å². The number of hydrogen-bond acceptors (Lipinski definition) is 7. The van der Waals surface area contributed by atoms with Crippen LogP contribution >= 0.6 is 11.8 Å². The summed E-state index contributed by atoms with van der Waals surface area (Å²) >= 11 is 1.49. The molecule has 0 fully saturated rings. The minimum absolute atomic E-state index is 0.103. The maximum absolute atomic E-state index is 12.3. The molecule has 0 aliphatic carbocycles. The molecule has 0 aromatic heterocycles. The van der Waals surface area contributed by atoms with Gasteiger partial charge in [-0.3, -0.25) is 14.4 Å². The maximum Gasteiger partial charge on any atom is 0.328 e. The number of hydrogen-bond donors (Lipinski definition) is 6. The number of thioether (sulfide) groups is 1. The van der Waals surface area contributed by atoms with Gasteiger partial charge in [0.05, 0.1) is 18.7 Å². The molecule has 10 nitrogen and oxygen atoms in total. The highest BCUT2D eigenvalue weighted by molar-refractivity contribution is 7.98. The van der Waals surface area contributed by atoms with Gasteiger partial charge in [-0.1, -0.05) is 13.8 Å². The van der Waals surface area contributed by atoms with E-state index in [2.05, 4.69) is 16.0 Å². The number of nitrogens with one attached hydrogen (secondary N) is 3. The molecule has 0 saturated carbocycles. The number of aliphatic carboxylic acids is 1. The van der Waals surface area contributed by atoms with Gasteiger partial charge in [0.2, 0.25) is 17.7 Å². The van der Waals surface area contributed by atoms with Crippen LogP contribution in [-0.2, 0) is 19.2 Å². The molecule has 3 amide bonds. The molecule has 7 N–H and O–H groups in total. The first-order valence-electron chi connectivity index (χ1n) is 8.54. The number of carbonyl (C=O) groups is 4. The van der Waals surface area contributed by atoms with E-state index in [0.29, 0.717) is 12.2 Å². The number of aliphatic hydroxyl groups excluding tert-OH is 1. The number of nitrogens with two attached hydrogens (primary N) is 1. The molecule has 0 heterocycles. The van der Waals surface area contributed by atoms with Gasteiger partial charge in [0.15, 0.2) is 6.04 Å². The zero-order valence-electron chi connectivity index (χ0n) is 16.0. The molecule has 4 unspecified atom stereocenters. The molecule has 0 aliphatic heterocycles. The fourth-order valence-electron chi connectivity index (χ4n) is 1.98. The third kappa shape index (κ3) is 9.59. The van der Waals surface area contributed by atoms with Crippen LogP contribution in [0.1, 0.15) is 27.2 Å². The Morgan fingerprint density at radius 2 is 1.67 bits per heavy atom. The molecule has 4 atom stereocenters. The SMILES string of the molecule is CSCCC(NC(=O)C(N)C(C)C)C(=O)NCC(=O)NC(C(=O)O)C(C)O. The van der Waals surface area contributed by atoms with Crippen LogP contribution in [0, 0.1) is 5.92 Å². The van der Waals surface area contributed by atoms with E-state index in [9.17, 15) is 24.3 Å². The van der Waals surface area contributed by atoms with Gasteiger partial charge in [-0.2, -0.15) is 11.8 Å². The molecule has 0 spiro atoms. The van der Waals surface area contributed by atoms with Crippen molar-refractivity contribution in [3.63, 3.8) is 0 Å². The van der Waals surface area contributed by atoms with Crippen LogP contribution in [0.15, 0.2) is 0 Å². The third-order valence-corrected chi connectivity index (χ3v) is 4.40. The molecule has 0 aliphatic rings. The van der Waals surface area contributed by atoms with Crippen LogP contribution in [0.3, 0.4) is 0 Å². The summed E-state index contributed by atoms with van der Waals surface area (Å²) in [6.07, 6.45) is 0.899. The van der Waals surface area contributed by atoms with Crippen molar-refractivity contribution in [1.82, 2.24) is 16.0 Å². The molecule has 0 aromatic rings. The van der Waals surface area contributed by atoms with Crippen molar-refractivity contribution in [3.8, 4) is 0 Å². The summed E-state index contributed by atoms with van der Waals surface area (Å²) in [4.78, 5) is 47.2. The Morgan fingerprint density at radius 3 is 2.11 bits per heavy atom. The number of rotatable bonds is 12. The molecule has 0 saturated heterocycles. The molecule has 0 bridgehead atoms. The average molecular weight is 407 g/mol. The predicted octanol–water partition coefficient (Wildman–Crippen LogP) is -1.73. The van der Waals surface area contributed by atoms with E-state index < -0.39 is 54.5 Å². The molecular formula is C16H30N4O6S. The van der Waals surface area contributed by atoms with Gasteiger partial charge in [-0.15, -0.1) is 0 Å². The second-order valence-electron chi connectivity index (χ2n) is 6.45. The van der Waals surface area contributed by atoms with Crippen molar-refractivity contribution in [2.75, 3.05) is 18.6 Å². The van der Waals surface area contributed by atoms with Crippen LogP contribution in [0.4, 0.5) is 0 Å². The molecule has 27 heavy (non-hydrogen) atoms. The lowest BCUT2D eigenvalue weighted by molar-refractivity contribution is -0.144. The summed E-state index contributed by atoms with van der Waals surface area (Å²) in [5.41, 5.74) is 5.78. The smallest absolute Gasteiger partial charge is 0.328 e. The van der Waals surface area contributed by atoms with E-state index in [1.54, 1.807) is 13.8 Å². The van der Waals surface area contributed by atoms with Gasteiger partial charge in [0, 0.05) is 0 Å². The molecule has 0 radical (unpaired) electrons. The van der Waals surface area contributed by atoms with E-state index in [-0.39, 0.29) is 5.92 Å². The topological polar surface area (TPSA) is 171 Å². The minimum Gasteiger partial charge on any atom is -0.480 e. The van der Waals surface area contributed by atoms with E-state index >= 15 is 0 Å². The number of carboxylic acids is 1. The van der Waals surface area contributed by atoms with E-state index in [1.165, 1.54) is 18.7 Å². The Hall–Kier alpha value is -1.85. The van der Waals surface area contributed by atoms with Crippen molar-refractivity contribution < 1.29 is 29.4 Å². The van der Waals surface area contributed by atoms with Crippen molar-refractivity contribution in [2.45, 2.75) is 51.4 Å². The Kier molecular flexibility index (Phi) is 11.7. The second-order valence-corrected chi connectivity index (χ2v) is 7.44. The Labute approximate surface area is 163 Å². The molecular weight excluding hydrogens is 376 g/mol. The monoisotopic (exact) mass is 406 g/mol. The van der Waals surface area contributed by atoms with Crippen LogP contribution in [0.5, 0.6) is 0 Å². The fraction of sp³-hybridized carbons (Fsp3) is 0.750. The number of aliphatic hydroxyl groups is 1. The summed E-state index contributed by atoms with van der Waals surface area (Å²) < 4.78 is 0. The zero-order chi connectivity index (χ0) is 21.1. The number of carbonyl (C=O) groups excluding carboxylic acids is 3. The van der Waals surface area contributed by atoms with Crippen molar-refractivity contribution in [3.05, 3.63) is 0 Å². The van der Waals surface area contributed by atoms with Gasteiger partial charge in [-0.25, -0.2) is 4.79 Å². The third-order valence-electron chi connectivity index (χ3n) is 3.75. The normalized spacial score (nSPS) is 15.4. The second kappa shape index (κ2) is 12.5. The van der Waals surface area contributed by atoms with Crippen LogP contribution in [0.2, 0.25) is 0 Å². The standard InChI is InChI=1S/C16H30N4O6S/c1-8(2)12(17)15(24)19-10(5-6-27-4)14(23)18-7-11(22)20-13(9(3)21)16(25)26/h8-10,12-13,21H,5-7,17H2,1-4H3,(H,18,23)(H,19,24)(H,20,22)(H,25,26). The van der Waals surface area contributed by atoms with E-state index in [1.807, 2.05) is 6.26 Å². The lowest BCUT2D eigenvalue weighted by Crippen LogP contribution is -2.55. The molecule has 0 rings (SSSR count). The summed E-state index contributed by atoms with van der Waals surface area (Å²) in [6, 6.07) is -3.11. The first-order valence-corrected chi connectivity index (χ1v) is 9.93. The van der Waals surface area contributed by atoms with E-state index in [4.69, 9.17) is 10.8 Å². The average Bonchev–Trinajstić information content (AvgIpc) is 2.59. The van der Waals surface area contributed by atoms with Gasteiger partial charge in [0.1, 0.15) is 6.04 Å². The quantitative estimate of drug-likeness (QED) is 0.222. The molecule has 156 valence electrons. The fourth-order valence-corrected chi connectivity index (χ4v) is 2.45. The van der Waals surface area contributed by atoms with Gasteiger partial charge in [-0.05, 0) is 31.3 Å². The highest BCUT2D eigenvalue weighted by Gasteiger charge is 2.27. The lowest BCUT2D eigenvalue weighted by atomic mass is 10.0. The predicted molar refractivity (Wildman–Crippen MR) is 102 cm³/mol. The van der Waals surface area contributed by atoms with Crippen molar-refractivity contribution >= 4 is 35.5 Å². The van der Waals surface area contributed by atoms with Gasteiger partial charge < -0.3 is 31.9 Å². The maximum atomic E-state index is 12.3. The summed E-state index contributed by atoms with van der Waals surface area (Å²) in [6.45, 7) is 4.31. The summed E-state index contributed by atoms with van der Waals surface area (Å²) in [5.74, 6) is -2.70. The number of amides is 3. The molecule has 11 heteroatoms. The van der Waals surface area contributed by atoms with Crippen molar-refractivity contribution in [2.24, 2.45) is 11.7 Å². The first-order chi connectivity index (χ1) is 12.5. The lowest BCUT2D eigenvalue weighted by Gasteiger charge is -2.22. The Balaban J connectivity index is 4.78. The van der Waals surface area contributed by atoms with Crippen LogP contribution in [0.25, 0.3) is 0 Å². The first kappa shape index (κ1) is 25.1. The van der Waals surface area contributed by atoms with Crippen LogP contribution in [-0.4, -0.2) is 76.7 Å². The number of carboxylic acid groups (broad SMARTS) is 1. The Bertz CT molecular complexity index is 529. The minimum atomic E-state index is -1.48. The summed E-state index contributed by atoms with van der Waals surface area (Å²) in [7, 11) is 0. The summed E-state index contributed by atoms with van der Waals surface area (Å²) in [5, 5.41) is 25.3. The van der Waals surface area contributed by atoms with Crippen LogP contribution < -0.4 is 21.7 Å². The largest absolute Gasteiger partial charge is 0.480 e. The van der Waals surface area contributed by atoms with Gasteiger partial charge in [0.25, 0.3) is 0 Å². The zero-order valence-corrected chi connectivity index (χ0v) is 16.8. The Morgan fingerprint density at radius 1 is 1.07 bits per heavy atom. The van der Waals surface area contributed by atoms with Crippen molar-refractivity contribution in [1.29, 1.82) is 0 Å². The molecule has 0 aromatic carbocycles.